The summed E-state index contributed by atoms with van der Waals surface area (Å²) in [4.78, 5) is 35.5. The minimum absolute atomic E-state index is 0.0395. The van der Waals surface area contributed by atoms with Crippen LogP contribution >= 0.6 is 16.2 Å². The predicted octanol–water partition coefficient (Wildman–Crippen LogP) is 11.1. The average Bonchev–Trinajstić information content (AvgIpc) is 3.31. The van der Waals surface area contributed by atoms with E-state index in [1.54, 1.807) is 0 Å². The molecule has 6 aromatic carbocycles. The molecule has 0 heterocycles. The monoisotopic (exact) mass is 848 g/mol. The van der Waals surface area contributed by atoms with Crippen molar-refractivity contribution in [3.63, 3.8) is 0 Å². The average molecular weight is 849 g/mol. The predicted molar refractivity (Wildman–Crippen MR) is 232 cm³/mol. The van der Waals surface area contributed by atoms with Crippen LogP contribution in [0.25, 0.3) is 0 Å². The fourth-order valence-corrected chi connectivity index (χ4v) is 8.03. The molecule has 0 spiro atoms. The highest BCUT2D eigenvalue weighted by Crippen LogP contribution is 2.52. The Kier molecular flexibility index (Phi) is 19.9. The van der Waals surface area contributed by atoms with Crippen molar-refractivity contribution in [1.82, 2.24) is 0 Å². The molecule has 0 bridgehead atoms. The second-order valence-corrected chi connectivity index (χ2v) is 16.6. The molecule has 1 unspecified atom stereocenters. The third-order valence-corrected chi connectivity index (χ3v) is 11.5. The topological polar surface area (TPSA) is 127 Å². The first-order chi connectivity index (χ1) is 29.3. The van der Waals surface area contributed by atoms with Gasteiger partial charge in [0.25, 0.3) is 0 Å². The van der Waals surface area contributed by atoms with Crippen molar-refractivity contribution >= 4 is 28.1 Å². The van der Waals surface area contributed by atoms with Crippen molar-refractivity contribution in [2.75, 3.05) is 6.16 Å². The maximum absolute atomic E-state index is 14.1. The molecule has 0 aromatic heterocycles. The zero-order valence-electron chi connectivity index (χ0n) is 33.3. The second-order valence-electron chi connectivity index (χ2n) is 13.5. The van der Waals surface area contributed by atoms with Crippen LogP contribution in [0.4, 0.5) is 0 Å². The Balaban J connectivity index is 0.000000315. The van der Waals surface area contributed by atoms with Crippen LogP contribution in [0.2, 0.25) is 0 Å². The molecule has 12 heteroatoms. The van der Waals surface area contributed by atoms with Gasteiger partial charge in [0.15, 0.2) is 0 Å². The fraction of sp³-hybridized carbons (Fsp3) is 0.208. The van der Waals surface area contributed by atoms with Gasteiger partial charge in [0, 0.05) is 6.42 Å². The number of benzene rings is 6. The van der Waals surface area contributed by atoms with Gasteiger partial charge in [0.1, 0.15) is 13.2 Å². The van der Waals surface area contributed by atoms with Crippen LogP contribution in [0.15, 0.2) is 182 Å². The van der Waals surface area contributed by atoms with Gasteiger partial charge in [0.05, 0.1) is 38.5 Å². The molecule has 60 heavy (non-hydrogen) atoms. The number of hydrogen-bond acceptors (Lipinski definition) is 10. The molecule has 0 saturated heterocycles. The quantitative estimate of drug-likeness (QED) is 0.0521. The van der Waals surface area contributed by atoms with Crippen LogP contribution in [-0.2, 0) is 81.4 Å². The Hall–Kier alpha value is -5.28. The van der Waals surface area contributed by atoms with Gasteiger partial charge in [-0.15, -0.1) is 0 Å². The Morgan fingerprint density at radius 3 is 1.15 bits per heavy atom. The Labute approximate surface area is 353 Å². The molecular weight excluding hydrogens is 798 g/mol. The van der Waals surface area contributed by atoms with Crippen molar-refractivity contribution in [2.45, 2.75) is 52.5 Å². The van der Waals surface area contributed by atoms with Gasteiger partial charge in [0.2, 0.25) is 0 Å². The lowest BCUT2D eigenvalue weighted by Gasteiger charge is -2.23. The summed E-state index contributed by atoms with van der Waals surface area (Å²) in [5.74, 6) is -1.97. The SMILES string of the molecule is O=C(CCC(CP(=O)(OCc1ccccc1)OCc1ccccc1)C(=O)OCc1ccccc1)OCc1ccccc1.OP(OCc1ccccc1)OCc1ccccc1. The molecule has 0 saturated carbocycles. The van der Waals surface area contributed by atoms with E-state index in [0.717, 1.165) is 33.4 Å². The highest BCUT2D eigenvalue weighted by Gasteiger charge is 2.35. The summed E-state index contributed by atoms with van der Waals surface area (Å²) in [7, 11) is -5.66. The zero-order valence-corrected chi connectivity index (χ0v) is 35.1. The molecule has 6 aromatic rings. The van der Waals surface area contributed by atoms with Crippen molar-refractivity contribution < 1.29 is 46.6 Å². The summed E-state index contributed by atoms with van der Waals surface area (Å²) >= 11 is 0. The summed E-state index contributed by atoms with van der Waals surface area (Å²) in [6.07, 6.45) is -0.240. The molecular formula is C48H50O10P2. The van der Waals surface area contributed by atoms with E-state index in [1.165, 1.54) is 0 Å². The van der Waals surface area contributed by atoms with Gasteiger partial charge < -0.3 is 32.5 Å². The first kappa shape index (κ1) is 45.8. The number of carbonyl (C=O) groups excluding carboxylic acids is 2. The van der Waals surface area contributed by atoms with E-state index in [4.69, 9.17) is 27.6 Å². The van der Waals surface area contributed by atoms with E-state index >= 15 is 0 Å². The van der Waals surface area contributed by atoms with Gasteiger partial charge in [-0.1, -0.05) is 182 Å². The zero-order chi connectivity index (χ0) is 42.1. The molecule has 312 valence electrons. The molecule has 6 rings (SSSR count). The highest BCUT2D eigenvalue weighted by atomic mass is 31.2. The molecule has 0 radical (unpaired) electrons. The van der Waals surface area contributed by atoms with Crippen molar-refractivity contribution in [3.05, 3.63) is 215 Å². The number of ether oxygens (including phenoxy) is 2. The number of rotatable bonds is 22. The lowest BCUT2D eigenvalue weighted by molar-refractivity contribution is -0.150. The van der Waals surface area contributed by atoms with E-state index in [0.29, 0.717) is 13.2 Å². The van der Waals surface area contributed by atoms with Crippen LogP contribution in [0.3, 0.4) is 0 Å². The van der Waals surface area contributed by atoms with Gasteiger partial charge >= 0.3 is 28.1 Å². The van der Waals surface area contributed by atoms with Gasteiger partial charge in [-0.3, -0.25) is 14.2 Å². The lowest BCUT2D eigenvalue weighted by atomic mass is 10.1. The molecule has 0 fully saturated rings. The maximum Gasteiger partial charge on any atom is 0.332 e. The third kappa shape index (κ3) is 17.9. The Morgan fingerprint density at radius 1 is 0.467 bits per heavy atom. The minimum Gasteiger partial charge on any atom is -0.461 e. The number of hydrogen-bond donors (Lipinski definition) is 1. The first-order valence-corrected chi connectivity index (χ1v) is 22.4. The van der Waals surface area contributed by atoms with Gasteiger partial charge in [-0.05, 0) is 39.8 Å². The largest absolute Gasteiger partial charge is 0.461 e. The molecule has 0 amide bonds. The summed E-state index contributed by atoms with van der Waals surface area (Å²) in [5.41, 5.74) is 5.33. The summed E-state index contributed by atoms with van der Waals surface area (Å²) in [6.45, 7) is 0.974. The Morgan fingerprint density at radius 2 is 0.783 bits per heavy atom. The highest BCUT2D eigenvalue weighted by molar-refractivity contribution is 7.53. The molecule has 0 aliphatic heterocycles. The minimum atomic E-state index is -3.83. The van der Waals surface area contributed by atoms with Crippen LogP contribution < -0.4 is 0 Å². The van der Waals surface area contributed by atoms with Crippen molar-refractivity contribution in [3.8, 4) is 0 Å². The van der Waals surface area contributed by atoms with Crippen LogP contribution in [-0.4, -0.2) is 23.0 Å². The standard InChI is InChI=1S/C34H35O7P.C14H15O3P/c35-33(38-23-28-13-5-1-6-14-28)22-21-32(34(36)39-24-29-15-7-2-8-16-29)27-42(37,40-25-30-17-9-3-10-18-30)41-26-31-19-11-4-12-20-31;15-18(16-11-13-7-3-1-4-8-13)17-12-14-9-5-2-6-10-14/h1-20,32H,21-27H2;1-10,15H,11-12H2. The number of esters is 2. The van der Waals surface area contributed by atoms with Gasteiger partial charge in [-0.25, -0.2) is 0 Å². The first-order valence-electron chi connectivity index (χ1n) is 19.5. The molecule has 10 nitrogen and oxygen atoms in total. The maximum atomic E-state index is 14.1. The summed E-state index contributed by atoms with van der Waals surface area (Å²) < 4.78 is 47.4. The van der Waals surface area contributed by atoms with Gasteiger partial charge in [-0.2, -0.15) is 0 Å². The van der Waals surface area contributed by atoms with Crippen molar-refractivity contribution in [2.24, 2.45) is 5.92 Å². The second kappa shape index (κ2) is 26.0. The lowest BCUT2D eigenvalue weighted by Crippen LogP contribution is -2.24. The molecule has 1 N–H and O–H groups in total. The molecule has 1 atom stereocenters. The Bertz CT molecular complexity index is 2040. The van der Waals surface area contributed by atoms with Crippen molar-refractivity contribution in [1.29, 1.82) is 0 Å². The van der Waals surface area contributed by atoms with E-state index in [2.05, 4.69) is 0 Å². The fourth-order valence-electron chi connectivity index (χ4n) is 5.58. The molecule has 0 aliphatic carbocycles. The smallest absolute Gasteiger partial charge is 0.332 e. The van der Waals surface area contributed by atoms with E-state index in [1.807, 2.05) is 182 Å². The van der Waals surface area contributed by atoms with Crippen LogP contribution in [0, 0.1) is 5.92 Å². The van der Waals surface area contributed by atoms with E-state index in [-0.39, 0.29) is 45.4 Å². The molecule has 0 aliphatic rings. The normalized spacial score (nSPS) is 11.6. The summed E-state index contributed by atoms with van der Waals surface area (Å²) in [5, 5.41) is 0. The number of carbonyl (C=O) groups is 2. The van der Waals surface area contributed by atoms with E-state index in [9.17, 15) is 19.0 Å². The third-order valence-electron chi connectivity index (χ3n) is 8.85. The summed E-state index contributed by atoms with van der Waals surface area (Å²) in [6, 6.07) is 56.6. The van der Waals surface area contributed by atoms with E-state index < -0.39 is 34.1 Å². The van der Waals surface area contributed by atoms with Crippen LogP contribution in [0.1, 0.15) is 46.2 Å². The van der Waals surface area contributed by atoms with Crippen LogP contribution in [0.5, 0.6) is 0 Å².